The van der Waals surface area contributed by atoms with E-state index in [1.54, 1.807) is 0 Å². The lowest BCUT2D eigenvalue weighted by Crippen LogP contribution is -2.32. The zero-order chi connectivity index (χ0) is 12.6. The van der Waals surface area contributed by atoms with Gasteiger partial charge in [-0.3, -0.25) is 0 Å². The van der Waals surface area contributed by atoms with Gasteiger partial charge in [-0.1, -0.05) is 19.1 Å². The SMILES string of the molecule is Cc1cc(CNC(C)C2(C)CC2)cc(C)c1F. The predicted molar refractivity (Wildman–Crippen MR) is 69.5 cm³/mol. The Hall–Kier alpha value is -0.890. The monoisotopic (exact) mass is 235 g/mol. The minimum atomic E-state index is -0.0732. The molecule has 2 rings (SSSR count). The van der Waals surface area contributed by atoms with Crippen molar-refractivity contribution in [1.82, 2.24) is 5.32 Å². The van der Waals surface area contributed by atoms with E-state index in [9.17, 15) is 4.39 Å². The highest BCUT2D eigenvalue weighted by Gasteiger charge is 2.42. The van der Waals surface area contributed by atoms with Gasteiger partial charge in [0.25, 0.3) is 0 Å². The molecule has 2 heteroatoms. The van der Waals surface area contributed by atoms with Crippen LogP contribution in [0.4, 0.5) is 4.39 Å². The smallest absolute Gasteiger partial charge is 0.129 e. The maximum Gasteiger partial charge on any atom is 0.129 e. The maximum absolute atomic E-state index is 13.5. The minimum Gasteiger partial charge on any atom is -0.310 e. The number of aryl methyl sites for hydroxylation is 2. The Kier molecular flexibility index (Phi) is 3.26. The zero-order valence-electron chi connectivity index (χ0n) is 11.2. The van der Waals surface area contributed by atoms with Gasteiger partial charge >= 0.3 is 0 Å². The lowest BCUT2D eigenvalue weighted by molar-refractivity contribution is 0.379. The third-order valence-corrected chi connectivity index (χ3v) is 4.19. The quantitative estimate of drug-likeness (QED) is 0.838. The minimum absolute atomic E-state index is 0.0732. The van der Waals surface area contributed by atoms with E-state index in [1.165, 1.54) is 18.4 Å². The first-order valence-corrected chi connectivity index (χ1v) is 6.41. The average molecular weight is 235 g/mol. The van der Waals surface area contributed by atoms with Gasteiger partial charge in [-0.2, -0.15) is 0 Å². The fourth-order valence-electron chi connectivity index (χ4n) is 2.29. The number of nitrogens with one attached hydrogen (secondary N) is 1. The number of benzene rings is 1. The van der Waals surface area contributed by atoms with Crippen LogP contribution in [0.25, 0.3) is 0 Å². The second-order valence-corrected chi connectivity index (χ2v) is 5.80. The Morgan fingerprint density at radius 2 is 1.82 bits per heavy atom. The van der Waals surface area contributed by atoms with Crippen molar-refractivity contribution >= 4 is 0 Å². The van der Waals surface area contributed by atoms with E-state index in [-0.39, 0.29) is 5.82 Å². The van der Waals surface area contributed by atoms with E-state index in [0.717, 1.165) is 17.7 Å². The van der Waals surface area contributed by atoms with Gasteiger partial charge < -0.3 is 5.32 Å². The molecule has 0 spiro atoms. The van der Waals surface area contributed by atoms with Crippen LogP contribution in [0.15, 0.2) is 12.1 Å². The molecule has 1 nitrogen and oxygen atoms in total. The Bertz CT molecular complexity index is 398. The largest absolute Gasteiger partial charge is 0.310 e. The van der Waals surface area contributed by atoms with Crippen LogP contribution in [0.5, 0.6) is 0 Å². The van der Waals surface area contributed by atoms with Gasteiger partial charge in [0.05, 0.1) is 0 Å². The van der Waals surface area contributed by atoms with Gasteiger partial charge in [-0.25, -0.2) is 4.39 Å². The van der Waals surface area contributed by atoms with Crippen molar-refractivity contribution in [3.05, 3.63) is 34.6 Å². The third kappa shape index (κ3) is 2.68. The summed E-state index contributed by atoms with van der Waals surface area (Å²) in [7, 11) is 0. The molecule has 1 aliphatic rings. The Morgan fingerprint density at radius 1 is 1.29 bits per heavy atom. The summed E-state index contributed by atoms with van der Waals surface area (Å²) < 4.78 is 13.5. The van der Waals surface area contributed by atoms with Crippen LogP contribution in [0.1, 0.15) is 43.4 Å². The van der Waals surface area contributed by atoms with Crippen LogP contribution < -0.4 is 5.32 Å². The normalized spacial score (nSPS) is 19.1. The molecule has 1 aromatic rings. The molecule has 0 bridgehead atoms. The summed E-state index contributed by atoms with van der Waals surface area (Å²) in [5.74, 6) is -0.0732. The fraction of sp³-hybridized carbons (Fsp3) is 0.600. The summed E-state index contributed by atoms with van der Waals surface area (Å²) in [6.07, 6.45) is 2.64. The summed E-state index contributed by atoms with van der Waals surface area (Å²) in [5, 5.41) is 3.55. The van der Waals surface area contributed by atoms with Gasteiger partial charge in [0, 0.05) is 12.6 Å². The van der Waals surface area contributed by atoms with Crippen LogP contribution in [0.2, 0.25) is 0 Å². The van der Waals surface area contributed by atoms with Gasteiger partial charge in [0.15, 0.2) is 0 Å². The molecule has 0 saturated heterocycles. The molecule has 1 saturated carbocycles. The summed E-state index contributed by atoms with van der Waals surface area (Å²) in [6, 6.07) is 4.42. The van der Waals surface area contributed by atoms with Crippen LogP contribution in [-0.4, -0.2) is 6.04 Å². The second kappa shape index (κ2) is 4.41. The second-order valence-electron chi connectivity index (χ2n) is 5.80. The highest BCUT2D eigenvalue weighted by Crippen LogP contribution is 2.47. The molecule has 1 aliphatic carbocycles. The van der Waals surface area contributed by atoms with Crippen LogP contribution >= 0.6 is 0 Å². The number of rotatable bonds is 4. The Morgan fingerprint density at radius 3 is 2.29 bits per heavy atom. The number of halogens is 1. The first-order valence-electron chi connectivity index (χ1n) is 6.41. The molecule has 0 aromatic heterocycles. The summed E-state index contributed by atoms with van der Waals surface area (Å²) in [4.78, 5) is 0. The van der Waals surface area contributed by atoms with E-state index < -0.39 is 0 Å². The molecule has 0 aliphatic heterocycles. The van der Waals surface area contributed by atoms with Crippen molar-refractivity contribution in [2.75, 3.05) is 0 Å². The van der Waals surface area contributed by atoms with Crippen molar-refractivity contribution < 1.29 is 4.39 Å². The molecule has 1 atom stereocenters. The molecule has 0 heterocycles. The molecule has 1 N–H and O–H groups in total. The highest BCUT2D eigenvalue weighted by molar-refractivity contribution is 5.30. The van der Waals surface area contributed by atoms with Crippen molar-refractivity contribution in [2.24, 2.45) is 5.41 Å². The lowest BCUT2D eigenvalue weighted by Gasteiger charge is -2.20. The van der Waals surface area contributed by atoms with Gasteiger partial charge in [-0.05, 0) is 55.7 Å². The average Bonchev–Trinajstić information content (AvgIpc) is 3.02. The molecule has 17 heavy (non-hydrogen) atoms. The molecule has 94 valence electrons. The van der Waals surface area contributed by atoms with Crippen molar-refractivity contribution in [1.29, 1.82) is 0 Å². The van der Waals surface area contributed by atoms with Gasteiger partial charge in [-0.15, -0.1) is 0 Å². The molecular formula is C15H22FN. The van der Waals surface area contributed by atoms with E-state index in [0.29, 0.717) is 11.5 Å². The van der Waals surface area contributed by atoms with E-state index in [1.807, 2.05) is 26.0 Å². The van der Waals surface area contributed by atoms with Crippen LogP contribution in [0, 0.1) is 25.1 Å². The molecule has 1 aromatic carbocycles. The predicted octanol–water partition coefficient (Wildman–Crippen LogP) is 3.72. The van der Waals surface area contributed by atoms with Crippen molar-refractivity contribution in [3.63, 3.8) is 0 Å². The van der Waals surface area contributed by atoms with E-state index >= 15 is 0 Å². The van der Waals surface area contributed by atoms with Gasteiger partial charge in [0.2, 0.25) is 0 Å². The first-order chi connectivity index (χ1) is 7.92. The molecule has 0 radical (unpaired) electrons. The van der Waals surface area contributed by atoms with Gasteiger partial charge in [0.1, 0.15) is 5.82 Å². The van der Waals surface area contributed by atoms with Crippen LogP contribution in [-0.2, 0) is 6.54 Å². The maximum atomic E-state index is 13.5. The zero-order valence-corrected chi connectivity index (χ0v) is 11.2. The molecule has 1 fully saturated rings. The van der Waals surface area contributed by atoms with Crippen molar-refractivity contribution in [2.45, 2.75) is 53.1 Å². The fourth-order valence-corrected chi connectivity index (χ4v) is 2.29. The van der Waals surface area contributed by atoms with Crippen LogP contribution in [0.3, 0.4) is 0 Å². The highest BCUT2D eigenvalue weighted by atomic mass is 19.1. The number of hydrogen-bond donors (Lipinski definition) is 1. The molecule has 1 unspecified atom stereocenters. The summed E-state index contributed by atoms with van der Waals surface area (Å²) >= 11 is 0. The van der Waals surface area contributed by atoms with Crippen molar-refractivity contribution in [3.8, 4) is 0 Å². The molecule has 0 amide bonds. The standard InChI is InChI=1S/C15H22FN/c1-10-7-13(8-11(2)14(10)16)9-17-12(3)15(4)5-6-15/h7-8,12,17H,5-6,9H2,1-4H3. The van der Waals surface area contributed by atoms with E-state index in [4.69, 9.17) is 0 Å². The third-order valence-electron chi connectivity index (χ3n) is 4.19. The summed E-state index contributed by atoms with van der Waals surface area (Å²) in [6.45, 7) is 9.07. The number of hydrogen-bond acceptors (Lipinski definition) is 1. The topological polar surface area (TPSA) is 12.0 Å². The first kappa shape index (κ1) is 12.6. The lowest BCUT2D eigenvalue weighted by atomic mass is 10.00. The molecular weight excluding hydrogens is 213 g/mol. The van der Waals surface area contributed by atoms with E-state index in [2.05, 4.69) is 19.2 Å². The Balaban J connectivity index is 1.99. The summed E-state index contributed by atoms with van der Waals surface area (Å²) in [5.41, 5.74) is 3.15. The Labute approximate surface area is 103 Å².